The van der Waals surface area contributed by atoms with E-state index in [0.29, 0.717) is 34.9 Å². The second kappa shape index (κ2) is 21.2. The van der Waals surface area contributed by atoms with Crippen molar-refractivity contribution >= 4 is 63.7 Å². The Morgan fingerprint density at radius 1 is 0.808 bits per heavy atom. The predicted octanol–water partition coefficient (Wildman–Crippen LogP) is 12.3. The molecule has 73 heavy (non-hydrogen) atoms. The maximum Gasteiger partial charge on any atom is 0.259 e. The molecule has 0 saturated carbocycles. The molecule has 1 aliphatic rings. The lowest BCUT2D eigenvalue weighted by Crippen LogP contribution is -2.39. The molecule has 1 N–H and O–H groups in total. The van der Waals surface area contributed by atoms with Crippen molar-refractivity contribution in [1.82, 2.24) is 24.2 Å². The minimum Gasteiger partial charge on any atom is -0.497 e. The molecule has 1 aliphatic heterocycles. The van der Waals surface area contributed by atoms with Crippen LogP contribution in [0.5, 0.6) is 11.5 Å². The molecule has 0 spiro atoms. The molecule has 4 atom stereocenters. The second-order valence-electron chi connectivity index (χ2n) is 18.7. The fraction of sp³-hybridized carbons (Fsp3) is 0.293. The summed E-state index contributed by atoms with van der Waals surface area (Å²) in [4.78, 5) is 27.4. The van der Waals surface area contributed by atoms with Crippen LogP contribution in [-0.4, -0.2) is 81.8 Å². The SMILES string of the molecule is COc1ccc(C(OC[C@H]2O[C@@H](n3c(-c4ccc5ccc6cccc7ccc4c5c67)nc4c(NC(C)=O)ncnc43)C[C@@H]2OP(OCCC#N)N(C(C)C)C(C)C)(c2ccccc2)c2ccc(OC)cc2)cc1. The van der Waals surface area contributed by atoms with E-state index in [1.54, 1.807) is 14.2 Å². The van der Waals surface area contributed by atoms with E-state index in [0.717, 1.165) is 49.2 Å². The van der Waals surface area contributed by atoms with Gasteiger partial charge in [-0.25, -0.2) is 19.6 Å². The van der Waals surface area contributed by atoms with E-state index in [1.165, 1.54) is 18.6 Å². The van der Waals surface area contributed by atoms with Gasteiger partial charge in [0.1, 0.15) is 41.6 Å². The van der Waals surface area contributed by atoms with Crippen LogP contribution in [0.3, 0.4) is 0 Å². The highest BCUT2D eigenvalue weighted by molar-refractivity contribution is 7.44. The number of nitrogens with zero attached hydrogens (tertiary/aromatic N) is 6. The molecule has 0 bridgehead atoms. The summed E-state index contributed by atoms with van der Waals surface area (Å²) in [6.07, 6.45) is -0.0994. The monoisotopic (exact) mass is 995 g/mol. The number of fused-ring (bicyclic) bond motifs is 1. The zero-order valence-electron chi connectivity index (χ0n) is 42.0. The third-order valence-corrected chi connectivity index (χ3v) is 15.7. The fourth-order valence-corrected chi connectivity index (χ4v) is 12.1. The third kappa shape index (κ3) is 9.45. The van der Waals surface area contributed by atoms with Crippen LogP contribution in [0.25, 0.3) is 54.9 Å². The predicted molar refractivity (Wildman–Crippen MR) is 286 cm³/mol. The van der Waals surface area contributed by atoms with Gasteiger partial charge in [-0.05, 0) is 101 Å². The summed E-state index contributed by atoms with van der Waals surface area (Å²) in [5, 5.41) is 19.2. The van der Waals surface area contributed by atoms with Gasteiger partial charge in [0, 0.05) is 31.0 Å². The fourth-order valence-electron chi connectivity index (χ4n) is 10.4. The zero-order valence-corrected chi connectivity index (χ0v) is 42.9. The summed E-state index contributed by atoms with van der Waals surface area (Å²) in [7, 11) is 1.56. The number of benzene rings is 7. The molecule has 0 aliphatic carbocycles. The lowest BCUT2D eigenvalue weighted by molar-refractivity contribution is -0.114. The summed E-state index contributed by atoms with van der Waals surface area (Å²) in [6, 6.07) is 47.5. The Kier molecular flexibility index (Phi) is 14.4. The Morgan fingerprint density at radius 2 is 1.42 bits per heavy atom. The highest BCUT2D eigenvalue weighted by Crippen LogP contribution is 2.52. The summed E-state index contributed by atoms with van der Waals surface area (Å²) >= 11 is 0. The maximum absolute atomic E-state index is 12.7. The molecule has 3 heterocycles. The molecular formula is C58H58N7O7P. The first-order valence-corrected chi connectivity index (χ1v) is 25.7. The number of nitriles is 1. The van der Waals surface area contributed by atoms with Crippen molar-refractivity contribution < 1.29 is 32.8 Å². The highest BCUT2D eigenvalue weighted by atomic mass is 31.2. The van der Waals surface area contributed by atoms with Gasteiger partial charge in [0.25, 0.3) is 8.53 Å². The van der Waals surface area contributed by atoms with Crippen LogP contribution in [0.1, 0.15) is 70.4 Å². The van der Waals surface area contributed by atoms with Crippen molar-refractivity contribution in [3.63, 3.8) is 0 Å². The lowest BCUT2D eigenvalue weighted by Gasteiger charge is -2.39. The molecule has 1 saturated heterocycles. The number of aromatic nitrogens is 4. The van der Waals surface area contributed by atoms with Crippen LogP contribution in [0.15, 0.2) is 140 Å². The van der Waals surface area contributed by atoms with Gasteiger partial charge >= 0.3 is 0 Å². The first-order chi connectivity index (χ1) is 35.5. The number of methoxy groups -OCH3 is 2. The smallest absolute Gasteiger partial charge is 0.259 e. The number of carbonyl (C=O) groups excluding carboxylic acids is 1. The summed E-state index contributed by atoms with van der Waals surface area (Å²) in [5.41, 5.74) is 3.19. The highest BCUT2D eigenvalue weighted by Gasteiger charge is 2.46. The van der Waals surface area contributed by atoms with Crippen LogP contribution < -0.4 is 14.8 Å². The number of anilines is 1. The molecule has 15 heteroatoms. The van der Waals surface area contributed by atoms with E-state index >= 15 is 0 Å². The Labute approximate surface area is 426 Å². The quantitative estimate of drug-likeness (QED) is 0.0355. The number of rotatable bonds is 19. The maximum atomic E-state index is 12.7. The van der Waals surface area contributed by atoms with Crippen LogP contribution >= 0.6 is 8.53 Å². The molecule has 2 aromatic heterocycles. The lowest BCUT2D eigenvalue weighted by atomic mass is 9.80. The third-order valence-electron chi connectivity index (χ3n) is 13.5. The van der Waals surface area contributed by atoms with E-state index in [1.807, 2.05) is 71.3 Å². The molecule has 7 aromatic carbocycles. The van der Waals surface area contributed by atoms with Gasteiger partial charge in [-0.3, -0.25) is 9.36 Å². The number of hydrogen-bond acceptors (Lipinski definition) is 12. The molecule has 1 fully saturated rings. The van der Waals surface area contributed by atoms with Gasteiger partial charge in [-0.15, -0.1) is 0 Å². The van der Waals surface area contributed by atoms with Crippen molar-refractivity contribution in [3.8, 4) is 29.0 Å². The van der Waals surface area contributed by atoms with Crippen LogP contribution in [0.2, 0.25) is 0 Å². The Hall–Kier alpha value is -7.08. The van der Waals surface area contributed by atoms with Gasteiger partial charge in [0.05, 0.1) is 46.0 Å². The van der Waals surface area contributed by atoms with Crippen LogP contribution in [-0.2, 0) is 28.9 Å². The normalized spacial score (nSPS) is 16.6. The van der Waals surface area contributed by atoms with Crippen molar-refractivity contribution in [2.24, 2.45) is 0 Å². The van der Waals surface area contributed by atoms with Gasteiger partial charge in [0.15, 0.2) is 17.0 Å². The molecule has 14 nitrogen and oxygen atoms in total. The van der Waals surface area contributed by atoms with Gasteiger partial charge in [-0.2, -0.15) is 5.26 Å². The summed E-state index contributed by atoms with van der Waals surface area (Å²) in [5.74, 6) is 1.99. The van der Waals surface area contributed by atoms with Crippen LogP contribution in [0.4, 0.5) is 5.82 Å². The number of nitrogens with one attached hydrogen (secondary N) is 1. The van der Waals surface area contributed by atoms with Crippen molar-refractivity contribution in [2.45, 2.75) is 83.6 Å². The molecule has 1 amide bonds. The zero-order chi connectivity index (χ0) is 50.8. The number of hydrogen-bond donors (Lipinski definition) is 1. The Balaban J connectivity index is 1.15. The van der Waals surface area contributed by atoms with E-state index in [2.05, 4.69) is 115 Å². The molecule has 1 unspecified atom stereocenters. The molecular weight excluding hydrogens is 938 g/mol. The largest absolute Gasteiger partial charge is 0.497 e. The number of amides is 1. The number of imidazole rings is 1. The molecule has 9 aromatic rings. The van der Waals surface area contributed by atoms with Gasteiger partial charge in [-0.1, -0.05) is 109 Å². The first kappa shape index (κ1) is 49.5. The van der Waals surface area contributed by atoms with Crippen molar-refractivity contribution in [3.05, 3.63) is 156 Å². The van der Waals surface area contributed by atoms with Gasteiger partial charge in [0.2, 0.25) is 5.91 Å². The van der Waals surface area contributed by atoms with Crippen LogP contribution in [0, 0.1) is 11.3 Å². The average Bonchev–Trinajstić information content (AvgIpc) is 3.99. The van der Waals surface area contributed by atoms with E-state index in [9.17, 15) is 10.1 Å². The van der Waals surface area contributed by atoms with Crippen molar-refractivity contribution in [1.29, 1.82) is 5.26 Å². The summed E-state index contributed by atoms with van der Waals surface area (Å²) in [6.45, 7) is 10.2. The second-order valence-corrected chi connectivity index (χ2v) is 20.1. The molecule has 372 valence electrons. The number of ether oxygens (including phenoxy) is 4. The summed E-state index contributed by atoms with van der Waals surface area (Å²) < 4.78 is 44.4. The van der Waals surface area contributed by atoms with Crippen molar-refractivity contribution in [2.75, 3.05) is 32.8 Å². The minimum atomic E-state index is -1.74. The molecule has 0 radical (unpaired) electrons. The first-order valence-electron chi connectivity index (χ1n) is 24.6. The van der Waals surface area contributed by atoms with E-state index < -0.39 is 32.6 Å². The van der Waals surface area contributed by atoms with E-state index in [4.69, 9.17) is 38.0 Å². The Bertz CT molecular complexity index is 3350. The number of carbonyl (C=O) groups is 1. The Morgan fingerprint density at radius 3 is 2.04 bits per heavy atom. The standard InChI is InChI=1S/C58H58N7O7P/c1-36(2)65(37(3)4)73(70-32-12-31-59)72-49-33-51(71-50(49)34-69-58(42-15-9-8-10-16-42,43-21-25-45(67-6)26-22-43)44-23-27-46(68-7)28-24-44)64-56(63-54-55(62-38(5)66)60-35-61-57(54)64)48-30-20-41-18-17-39-13-11-14-40-19-29-47(48)53(41)52(39)40/h8-11,13-30,35-37,49-51H,12,32-34H2,1-7H3,(H,60,61,62,66)/t49-,50+,51+,73?/m0/s1. The minimum absolute atomic E-state index is 0.0412. The average molecular weight is 996 g/mol. The topological polar surface area (TPSA) is 155 Å². The van der Waals surface area contributed by atoms with E-state index in [-0.39, 0.29) is 43.4 Å². The molecule has 10 rings (SSSR count). The van der Waals surface area contributed by atoms with Gasteiger partial charge < -0.3 is 33.3 Å².